The maximum Gasteiger partial charge on any atom is 0.118 e. The minimum Gasteiger partial charge on any atom is -0.497 e. The summed E-state index contributed by atoms with van der Waals surface area (Å²) in [5, 5.41) is 14.4. The third-order valence-electron chi connectivity index (χ3n) is 5.16. The molecule has 120 valence electrons. The highest BCUT2D eigenvalue weighted by Crippen LogP contribution is 2.43. The number of hydrogen-bond acceptors (Lipinski definition) is 3. The molecule has 0 bridgehead atoms. The van der Waals surface area contributed by atoms with Crippen molar-refractivity contribution in [2.45, 2.75) is 37.5 Å². The fourth-order valence-electron chi connectivity index (χ4n) is 3.70. The summed E-state index contributed by atoms with van der Waals surface area (Å²) in [5.41, 5.74) is 3.63. The molecule has 2 N–H and O–H groups in total. The summed E-state index contributed by atoms with van der Waals surface area (Å²) in [7, 11) is 1.69. The minimum atomic E-state index is -0.411. The highest BCUT2D eigenvalue weighted by atomic mass is 16.5. The molecule has 3 heteroatoms. The zero-order valence-corrected chi connectivity index (χ0v) is 13.4. The van der Waals surface area contributed by atoms with Gasteiger partial charge in [0.25, 0.3) is 0 Å². The number of fused-ring (bicyclic) bond motifs is 1. The Balaban J connectivity index is 1.53. The van der Waals surface area contributed by atoms with Gasteiger partial charge < -0.3 is 15.2 Å². The van der Waals surface area contributed by atoms with Gasteiger partial charge in [0.2, 0.25) is 0 Å². The molecule has 0 radical (unpaired) electrons. The maximum absolute atomic E-state index is 10.6. The molecule has 2 aromatic rings. The van der Waals surface area contributed by atoms with Crippen molar-refractivity contribution in [2.75, 3.05) is 7.11 Å². The monoisotopic (exact) mass is 309 g/mol. The van der Waals surface area contributed by atoms with Gasteiger partial charge in [0.1, 0.15) is 5.75 Å². The van der Waals surface area contributed by atoms with Gasteiger partial charge in [-0.1, -0.05) is 36.4 Å². The van der Waals surface area contributed by atoms with Crippen LogP contribution in [0.4, 0.5) is 0 Å². The Labute approximate surface area is 137 Å². The summed E-state index contributed by atoms with van der Waals surface area (Å²) >= 11 is 0. The summed E-state index contributed by atoms with van der Waals surface area (Å²) in [5.74, 6) is 1.57. The average molecular weight is 309 g/mol. The summed E-state index contributed by atoms with van der Waals surface area (Å²) in [6, 6.07) is 17.0. The number of aliphatic hydroxyl groups excluding tert-OH is 1. The van der Waals surface area contributed by atoms with E-state index in [1.54, 1.807) is 7.11 Å². The molecule has 0 spiro atoms. The molecule has 2 aliphatic rings. The Kier molecular flexibility index (Phi) is 3.83. The quantitative estimate of drug-likeness (QED) is 0.889. The van der Waals surface area contributed by atoms with Crippen molar-refractivity contribution in [1.82, 2.24) is 5.32 Å². The Morgan fingerprint density at radius 3 is 2.48 bits per heavy atom. The predicted octanol–water partition coefficient (Wildman–Crippen LogP) is 3.39. The molecule has 1 saturated carbocycles. The van der Waals surface area contributed by atoms with E-state index in [1.807, 2.05) is 24.3 Å². The first kappa shape index (κ1) is 14.7. The Bertz CT molecular complexity index is 678. The first-order valence-corrected chi connectivity index (χ1v) is 8.42. The second-order valence-electron chi connectivity index (χ2n) is 6.71. The lowest BCUT2D eigenvalue weighted by atomic mass is 10.00. The Morgan fingerprint density at radius 2 is 1.83 bits per heavy atom. The topological polar surface area (TPSA) is 41.5 Å². The molecule has 0 heterocycles. The smallest absolute Gasteiger partial charge is 0.118 e. The van der Waals surface area contributed by atoms with Crippen LogP contribution in [0.2, 0.25) is 0 Å². The fraction of sp³-hybridized carbons (Fsp3) is 0.400. The molecule has 4 rings (SSSR count). The second-order valence-corrected chi connectivity index (χ2v) is 6.71. The van der Waals surface area contributed by atoms with E-state index >= 15 is 0 Å². The van der Waals surface area contributed by atoms with Crippen LogP contribution < -0.4 is 10.1 Å². The molecule has 2 aromatic carbocycles. The Hall–Kier alpha value is -1.84. The average Bonchev–Trinajstić information content (AvgIpc) is 3.39. The van der Waals surface area contributed by atoms with Crippen LogP contribution >= 0.6 is 0 Å². The number of aliphatic hydroxyl groups is 1. The SMILES string of the molecule is COc1ccc(C(NC2Cc3ccccc3C2O)C2CC2)cc1. The van der Waals surface area contributed by atoms with Crippen molar-refractivity contribution in [2.24, 2.45) is 5.92 Å². The van der Waals surface area contributed by atoms with Crippen LogP contribution in [-0.2, 0) is 6.42 Å². The van der Waals surface area contributed by atoms with Crippen LogP contribution in [0.25, 0.3) is 0 Å². The van der Waals surface area contributed by atoms with Crippen LogP contribution in [0.3, 0.4) is 0 Å². The number of rotatable bonds is 5. The largest absolute Gasteiger partial charge is 0.497 e. The van der Waals surface area contributed by atoms with Crippen LogP contribution in [0.1, 0.15) is 41.7 Å². The highest BCUT2D eigenvalue weighted by Gasteiger charge is 2.37. The number of methoxy groups -OCH3 is 1. The summed E-state index contributed by atoms with van der Waals surface area (Å²) < 4.78 is 5.26. The first-order chi connectivity index (χ1) is 11.3. The zero-order chi connectivity index (χ0) is 15.8. The van der Waals surface area contributed by atoms with Crippen molar-refractivity contribution in [1.29, 1.82) is 0 Å². The molecule has 0 aliphatic heterocycles. The van der Waals surface area contributed by atoms with Gasteiger partial charge in [-0.15, -0.1) is 0 Å². The van der Waals surface area contributed by atoms with Crippen molar-refractivity contribution in [3.05, 3.63) is 65.2 Å². The van der Waals surface area contributed by atoms with E-state index in [0.29, 0.717) is 12.0 Å². The van der Waals surface area contributed by atoms with Crippen LogP contribution in [0, 0.1) is 5.92 Å². The molecule has 1 fully saturated rings. The van der Waals surface area contributed by atoms with E-state index in [1.165, 1.54) is 24.0 Å². The van der Waals surface area contributed by atoms with Gasteiger partial charge in [-0.05, 0) is 54.0 Å². The molecule has 2 aliphatic carbocycles. The summed E-state index contributed by atoms with van der Waals surface area (Å²) in [6.45, 7) is 0. The third kappa shape index (κ3) is 2.87. The van der Waals surface area contributed by atoms with Crippen molar-refractivity contribution in [3.63, 3.8) is 0 Å². The molecule has 0 aromatic heterocycles. The van der Waals surface area contributed by atoms with Gasteiger partial charge in [0, 0.05) is 12.1 Å². The Morgan fingerprint density at radius 1 is 1.09 bits per heavy atom. The van der Waals surface area contributed by atoms with Gasteiger partial charge in [0.05, 0.1) is 13.2 Å². The van der Waals surface area contributed by atoms with E-state index in [9.17, 15) is 5.11 Å². The maximum atomic E-state index is 10.6. The van der Waals surface area contributed by atoms with Crippen molar-refractivity contribution >= 4 is 0 Å². The van der Waals surface area contributed by atoms with E-state index < -0.39 is 6.10 Å². The van der Waals surface area contributed by atoms with Gasteiger partial charge >= 0.3 is 0 Å². The fourth-order valence-corrected chi connectivity index (χ4v) is 3.70. The molecule has 23 heavy (non-hydrogen) atoms. The lowest BCUT2D eigenvalue weighted by Gasteiger charge is -2.26. The number of benzene rings is 2. The summed E-state index contributed by atoms with van der Waals surface area (Å²) in [4.78, 5) is 0. The molecular formula is C20H23NO2. The van der Waals surface area contributed by atoms with Gasteiger partial charge in [-0.25, -0.2) is 0 Å². The van der Waals surface area contributed by atoms with Gasteiger partial charge in [0.15, 0.2) is 0 Å². The minimum absolute atomic E-state index is 0.0973. The standard InChI is InChI=1S/C20H23NO2/c1-23-16-10-8-14(9-11-16)19(13-6-7-13)21-18-12-15-4-2-3-5-17(15)20(18)22/h2-5,8-11,13,18-22H,6-7,12H2,1H3. The molecule has 3 unspecified atom stereocenters. The molecule has 3 atom stereocenters. The van der Waals surface area contributed by atoms with Gasteiger partial charge in [-0.2, -0.15) is 0 Å². The lowest BCUT2D eigenvalue weighted by molar-refractivity contribution is 0.132. The third-order valence-corrected chi connectivity index (χ3v) is 5.16. The number of ether oxygens (including phenoxy) is 1. The second kappa shape index (κ2) is 5.99. The molecular weight excluding hydrogens is 286 g/mol. The molecule has 0 saturated heterocycles. The highest BCUT2D eigenvalue weighted by molar-refractivity contribution is 5.36. The van der Waals surface area contributed by atoms with Gasteiger partial charge in [-0.3, -0.25) is 0 Å². The van der Waals surface area contributed by atoms with E-state index in [-0.39, 0.29) is 6.04 Å². The van der Waals surface area contributed by atoms with E-state index in [2.05, 4.69) is 29.6 Å². The number of hydrogen-bond donors (Lipinski definition) is 2. The molecule has 3 nitrogen and oxygen atoms in total. The van der Waals surface area contributed by atoms with Crippen LogP contribution in [-0.4, -0.2) is 18.3 Å². The first-order valence-electron chi connectivity index (χ1n) is 8.42. The van der Waals surface area contributed by atoms with E-state index in [0.717, 1.165) is 17.7 Å². The zero-order valence-electron chi connectivity index (χ0n) is 13.4. The van der Waals surface area contributed by atoms with Crippen LogP contribution in [0.5, 0.6) is 5.75 Å². The number of nitrogens with one attached hydrogen (secondary N) is 1. The van der Waals surface area contributed by atoms with Crippen molar-refractivity contribution in [3.8, 4) is 5.75 Å². The van der Waals surface area contributed by atoms with Crippen LogP contribution in [0.15, 0.2) is 48.5 Å². The summed E-state index contributed by atoms with van der Waals surface area (Å²) in [6.07, 6.45) is 3.01. The normalized spacial score (nSPS) is 24.3. The van der Waals surface area contributed by atoms with Crippen molar-refractivity contribution < 1.29 is 9.84 Å². The van der Waals surface area contributed by atoms with E-state index in [4.69, 9.17) is 4.74 Å². The lowest BCUT2D eigenvalue weighted by Crippen LogP contribution is -2.37. The molecule has 0 amide bonds. The predicted molar refractivity (Wildman–Crippen MR) is 90.5 cm³/mol.